The highest BCUT2D eigenvalue weighted by Gasteiger charge is 2.22. The summed E-state index contributed by atoms with van der Waals surface area (Å²) in [5.74, 6) is 1.07. The van der Waals surface area contributed by atoms with E-state index < -0.39 is 0 Å². The van der Waals surface area contributed by atoms with Crippen molar-refractivity contribution in [3.05, 3.63) is 76.4 Å². The number of hydrogen-bond donors (Lipinski definition) is 0. The van der Waals surface area contributed by atoms with E-state index in [-0.39, 0.29) is 5.97 Å². The summed E-state index contributed by atoms with van der Waals surface area (Å²) in [5.41, 5.74) is 4.70. The number of hydrogen-bond acceptors (Lipinski definition) is 3. The van der Waals surface area contributed by atoms with Gasteiger partial charge in [-0.15, -0.1) is 0 Å². The Morgan fingerprint density at radius 3 is 2.43 bits per heavy atom. The molecule has 0 atom stereocenters. The second-order valence-electron chi connectivity index (χ2n) is 5.59. The van der Waals surface area contributed by atoms with Crippen molar-refractivity contribution in [1.82, 2.24) is 0 Å². The Labute approximate surface area is 135 Å². The second kappa shape index (κ2) is 6.13. The first-order valence-corrected chi connectivity index (χ1v) is 7.44. The molecular weight excluding hydrogens is 288 g/mol. The molecule has 3 heteroatoms. The van der Waals surface area contributed by atoms with Gasteiger partial charge in [0.05, 0.1) is 12.7 Å². The Hall–Kier alpha value is -2.81. The maximum atomic E-state index is 12.1. The van der Waals surface area contributed by atoms with Crippen molar-refractivity contribution in [2.24, 2.45) is 0 Å². The molecule has 23 heavy (non-hydrogen) atoms. The van der Waals surface area contributed by atoms with Crippen molar-refractivity contribution in [3.8, 4) is 5.75 Å². The van der Waals surface area contributed by atoms with E-state index in [2.05, 4.69) is 6.07 Å². The lowest BCUT2D eigenvalue weighted by Gasteiger charge is -2.06. The van der Waals surface area contributed by atoms with Crippen LogP contribution in [0, 0.1) is 13.8 Å². The van der Waals surface area contributed by atoms with Crippen LogP contribution in [0.5, 0.6) is 5.75 Å². The van der Waals surface area contributed by atoms with E-state index >= 15 is 0 Å². The van der Waals surface area contributed by atoms with Gasteiger partial charge in [0, 0.05) is 5.56 Å². The van der Waals surface area contributed by atoms with Gasteiger partial charge in [-0.2, -0.15) is 0 Å². The first-order chi connectivity index (χ1) is 11.1. The maximum Gasteiger partial charge on any atom is 0.343 e. The fourth-order valence-corrected chi connectivity index (χ4v) is 2.59. The Morgan fingerprint density at radius 2 is 1.78 bits per heavy atom. The van der Waals surface area contributed by atoms with Crippen LogP contribution < -0.4 is 4.74 Å². The van der Waals surface area contributed by atoms with Crippen molar-refractivity contribution in [1.29, 1.82) is 0 Å². The average molecular weight is 306 g/mol. The number of rotatable bonds is 3. The predicted molar refractivity (Wildman–Crippen MR) is 91.0 cm³/mol. The van der Waals surface area contributed by atoms with E-state index in [4.69, 9.17) is 9.47 Å². The third-order valence-electron chi connectivity index (χ3n) is 3.81. The number of carbonyl (C=O) groups is 1. The molecule has 2 aromatic rings. The van der Waals surface area contributed by atoms with Gasteiger partial charge in [-0.25, -0.2) is 4.79 Å². The molecule has 1 aliphatic heterocycles. The molecule has 0 saturated heterocycles. The summed E-state index contributed by atoms with van der Waals surface area (Å²) in [4.78, 5) is 12.1. The lowest BCUT2D eigenvalue weighted by Crippen LogP contribution is -1.98. The summed E-state index contributed by atoms with van der Waals surface area (Å²) < 4.78 is 10.6. The number of aryl methyl sites for hydroxylation is 2. The van der Waals surface area contributed by atoms with E-state index in [0.717, 1.165) is 22.4 Å². The molecule has 0 bridgehead atoms. The first-order valence-electron chi connectivity index (χ1n) is 7.44. The molecule has 3 rings (SSSR count). The lowest BCUT2D eigenvalue weighted by molar-refractivity contribution is -0.130. The van der Waals surface area contributed by atoms with Crippen molar-refractivity contribution in [2.45, 2.75) is 13.8 Å². The van der Waals surface area contributed by atoms with Crippen molar-refractivity contribution in [3.63, 3.8) is 0 Å². The zero-order valence-corrected chi connectivity index (χ0v) is 13.4. The standard InChI is InChI=1S/C20H18O3/c1-13-4-9-18(14(2)10-13)19-12-16(20(21)23-19)11-15-5-7-17(22-3)8-6-15/h4-12H,1-3H3/b16-11+. The van der Waals surface area contributed by atoms with E-state index in [1.165, 1.54) is 5.56 Å². The summed E-state index contributed by atoms with van der Waals surface area (Å²) in [7, 11) is 1.63. The van der Waals surface area contributed by atoms with Gasteiger partial charge in [-0.05, 0) is 49.3 Å². The molecule has 0 aromatic heterocycles. The number of ether oxygens (including phenoxy) is 2. The SMILES string of the molecule is COc1ccc(/C=C2\C=C(c3ccc(C)cc3C)OC2=O)cc1. The predicted octanol–water partition coefficient (Wildman–Crippen LogP) is 4.29. The molecule has 0 aliphatic carbocycles. The quantitative estimate of drug-likeness (QED) is 0.627. The largest absolute Gasteiger partial charge is 0.497 e. The minimum absolute atomic E-state index is 0.323. The molecule has 0 radical (unpaired) electrons. The highest BCUT2D eigenvalue weighted by atomic mass is 16.5. The molecule has 0 unspecified atom stereocenters. The zero-order chi connectivity index (χ0) is 16.4. The summed E-state index contributed by atoms with van der Waals surface area (Å²) in [6, 6.07) is 13.6. The monoisotopic (exact) mass is 306 g/mol. The van der Waals surface area contributed by atoms with E-state index in [0.29, 0.717) is 11.3 Å². The summed E-state index contributed by atoms with van der Waals surface area (Å²) >= 11 is 0. The molecular formula is C20H18O3. The topological polar surface area (TPSA) is 35.5 Å². The molecule has 1 aliphatic rings. The lowest BCUT2D eigenvalue weighted by atomic mass is 10.0. The molecule has 2 aromatic carbocycles. The summed E-state index contributed by atoms with van der Waals surface area (Å²) in [5, 5.41) is 0. The maximum absolute atomic E-state index is 12.1. The van der Waals surface area contributed by atoms with Gasteiger partial charge < -0.3 is 9.47 Å². The average Bonchev–Trinajstić information content (AvgIpc) is 2.88. The Balaban J connectivity index is 1.92. The second-order valence-corrected chi connectivity index (χ2v) is 5.59. The highest BCUT2D eigenvalue weighted by Crippen LogP contribution is 2.29. The van der Waals surface area contributed by atoms with Crippen LogP contribution in [-0.2, 0) is 9.53 Å². The van der Waals surface area contributed by atoms with Gasteiger partial charge in [0.15, 0.2) is 0 Å². The third kappa shape index (κ3) is 3.19. The first kappa shape index (κ1) is 15.1. The number of benzene rings is 2. The fourth-order valence-electron chi connectivity index (χ4n) is 2.59. The smallest absolute Gasteiger partial charge is 0.343 e. The molecule has 0 saturated carbocycles. The van der Waals surface area contributed by atoms with Crippen LogP contribution in [0.25, 0.3) is 11.8 Å². The van der Waals surface area contributed by atoms with E-state index in [1.54, 1.807) is 13.2 Å². The highest BCUT2D eigenvalue weighted by molar-refractivity contribution is 6.05. The summed E-state index contributed by atoms with van der Waals surface area (Å²) in [6.45, 7) is 4.06. The minimum Gasteiger partial charge on any atom is -0.497 e. The molecule has 0 N–H and O–H groups in total. The van der Waals surface area contributed by atoms with Gasteiger partial charge in [-0.3, -0.25) is 0 Å². The number of esters is 1. The third-order valence-corrected chi connectivity index (χ3v) is 3.81. The Morgan fingerprint density at radius 1 is 1.04 bits per heavy atom. The van der Waals surface area contributed by atoms with Gasteiger partial charge >= 0.3 is 5.97 Å². The number of methoxy groups -OCH3 is 1. The zero-order valence-electron chi connectivity index (χ0n) is 13.4. The molecule has 3 nitrogen and oxygen atoms in total. The van der Waals surface area contributed by atoms with E-state index in [9.17, 15) is 4.79 Å². The van der Waals surface area contributed by atoms with Crippen molar-refractivity contribution < 1.29 is 14.3 Å². The molecule has 116 valence electrons. The van der Waals surface area contributed by atoms with Crippen LogP contribution in [0.2, 0.25) is 0 Å². The Kier molecular flexibility index (Phi) is 4.02. The Bertz CT molecular complexity index is 811. The minimum atomic E-state index is -0.323. The summed E-state index contributed by atoms with van der Waals surface area (Å²) in [6.07, 6.45) is 3.61. The van der Waals surface area contributed by atoms with Crippen LogP contribution in [0.4, 0.5) is 0 Å². The van der Waals surface area contributed by atoms with Gasteiger partial charge in [0.25, 0.3) is 0 Å². The van der Waals surface area contributed by atoms with Crippen molar-refractivity contribution in [2.75, 3.05) is 7.11 Å². The number of carbonyl (C=O) groups excluding carboxylic acids is 1. The molecule has 1 heterocycles. The normalized spacial score (nSPS) is 15.5. The van der Waals surface area contributed by atoms with Crippen LogP contribution in [0.15, 0.2) is 54.1 Å². The van der Waals surface area contributed by atoms with Crippen LogP contribution in [0.1, 0.15) is 22.3 Å². The van der Waals surface area contributed by atoms with Crippen molar-refractivity contribution >= 4 is 17.8 Å². The van der Waals surface area contributed by atoms with Crippen LogP contribution >= 0.6 is 0 Å². The molecule has 0 spiro atoms. The van der Waals surface area contributed by atoms with Gasteiger partial charge in [0.2, 0.25) is 0 Å². The van der Waals surface area contributed by atoms with Gasteiger partial charge in [-0.1, -0.05) is 35.9 Å². The van der Waals surface area contributed by atoms with Crippen LogP contribution in [0.3, 0.4) is 0 Å². The molecule has 0 amide bonds. The van der Waals surface area contributed by atoms with E-state index in [1.807, 2.05) is 56.3 Å². The number of cyclic esters (lactones) is 1. The van der Waals surface area contributed by atoms with Crippen LogP contribution in [-0.4, -0.2) is 13.1 Å². The fraction of sp³-hybridized carbons (Fsp3) is 0.150. The van der Waals surface area contributed by atoms with Gasteiger partial charge in [0.1, 0.15) is 11.5 Å². The molecule has 0 fully saturated rings.